The molecule has 3 N–H and O–H groups in total. The van der Waals surface area contributed by atoms with E-state index in [0.29, 0.717) is 26.7 Å². The summed E-state index contributed by atoms with van der Waals surface area (Å²) in [5, 5.41) is 25.7. The van der Waals surface area contributed by atoms with Crippen molar-refractivity contribution >= 4 is 49.4 Å². The number of hydrogen-bond acceptors (Lipinski definition) is 6. The number of ether oxygens (including phenoxy) is 1. The molecule has 0 aromatic rings. The Morgan fingerprint density at radius 3 is 2.76 bits per heavy atom. The number of halogens is 2. The molecule has 0 saturated heterocycles. The third kappa shape index (κ3) is 3.75. The van der Waals surface area contributed by atoms with Crippen LogP contribution < -0.4 is 5.32 Å². The van der Waals surface area contributed by atoms with Gasteiger partial charge in [0.05, 0.1) is 16.1 Å². The molecular formula is C15H18Br2N2O6. The van der Waals surface area contributed by atoms with Crippen LogP contribution in [-0.2, 0) is 19.2 Å². The molecule has 0 aromatic heterocycles. The van der Waals surface area contributed by atoms with Crippen LogP contribution in [0, 0.1) is 0 Å². The first kappa shape index (κ1) is 19.9. The lowest BCUT2D eigenvalue weighted by molar-refractivity contribution is -0.137. The lowest BCUT2D eigenvalue weighted by Crippen LogP contribution is -2.48. The Hall–Kier alpha value is -1.39. The van der Waals surface area contributed by atoms with Crippen LogP contribution >= 0.6 is 31.9 Å². The largest absolute Gasteiger partial charge is 0.495 e. The molecule has 25 heavy (non-hydrogen) atoms. The van der Waals surface area contributed by atoms with Crippen molar-refractivity contribution in [1.29, 1.82) is 0 Å². The number of carboxylic acids is 1. The Balaban J connectivity index is 2.09. The standard InChI is InChI=1S/C15H18Br2N2O6/c1-7-10(16)12(24-2)11(17)13(22)15(7)6-8(19-25-15)14(23)18-5-3-4-9(20)21/h13,22H,3-6H2,1-2H3,(H,18,23)(H,20,21)/t13-,15-/m0/s1. The maximum atomic E-state index is 12.2. The summed E-state index contributed by atoms with van der Waals surface area (Å²) in [6, 6.07) is 0. The molecule has 2 rings (SSSR count). The predicted molar refractivity (Wildman–Crippen MR) is 96.3 cm³/mol. The van der Waals surface area contributed by atoms with Gasteiger partial charge in [0.15, 0.2) is 5.60 Å². The van der Waals surface area contributed by atoms with Gasteiger partial charge >= 0.3 is 5.97 Å². The van der Waals surface area contributed by atoms with Crippen LogP contribution in [0.2, 0.25) is 0 Å². The van der Waals surface area contributed by atoms with Gasteiger partial charge in [-0.05, 0) is 50.8 Å². The fourth-order valence-electron chi connectivity index (χ4n) is 2.64. The average molecular weight is 482 g/mol. The van der Waals surface area contributed by atoms with Gasteiger partial charge in [-0.25, -0.2) is 0 Å². The minimum absolute atomic E-state index is 0.0295. The average Bonchev–Trinajstić information content (AvgIpc) is 3.02. The number of carbonyl (C=O) groups is 2. The Bertz CT molecular complexity index is 688. The van der Waals surface area contributed by atoms with Gasteiger partial charge in [-0.15, -0.1) is 0 Å². The first-order valence-electron chi connectivity index (χ1n) is 7.48. The van der Waals surface area contributed by atoms with E-state index in [0.717, 1.165) is 0 Å². The Morgan fingerprint density at radius 2 is 2.16 bits per heavy atom. The van der Waals surface area contributed by atoms with Crippen molar-refractivity contribution in [3.8, 4) is 0 Å². The number of allylic oxidation sites excluding steroid dienone is 1. The molecule has 2 atom stereocenters. The number of carboxylic acid groups (broad SMARTS) is 1. The van der Waals surface area contributed by atoms with E-state index in [-0.39, 0.29) is 25.1 Å². The summed E-state index contributed by atoms with van der Waals surface area (Å²) in [5.74, 6) is -0.918. The first-order chi connectivity index (χ1) is 11.7. The van der Waals surface area contributed by atoms with Crippen molar-refractivity contribution in [3.63, 3.8) is 0 Å². The van der Waals surface area contributed by atoms with Crippen LogP contribution in [0.3, 0.4) is 0 Å². The van der Waals surface area contributed by atoms with Gasteiger partial charge in [-0.3, -0.25) is 9.59 Å². The minimum Gasteiger partial charge on any atom is -0.495 e. The van der Waals surface area contributed by atoms with Crippen LogP contribution in [-0.4, -0.2) is 53.2 Å². The summed E-state index contributed by atoms with van der Waals surface area (Å²) in [6.07, 6.45) is -0.729. The number of aliphatic hydroxyl groups is 1. The molecule has 0 fully saturated rings. The monoisotopic (exact) mass is 480 g/mol. The molecule has 0 aromatic carbocycles. The van der Waals surface area contributed by atoms with Gasteiger partial charge in [0, 0.05) is 19.4 Å². The van der Waals surface area contributed by atoms with Crippen molar-refractivity contribution in [1.82, 2.24) is 5.32 Å². The van der Waals surface area contributed by atoms with Crippen LogP contribution in [0.5, 0.6) is 0 Å². The summed E-state index contributed by atoms with van der Waals surface area (Å²) in [7, 11) is 1.48. The maximum Gasteiger partial charge on any atom is 0.303 e. The molecule has 10 heteroatoms. The third-order valence-corrected chi connectivity index (χ3v) is 5.88. The molecular weight excluding hydrogens is 464 g/mol. The SMILES string of the molecule is COC1=C(Br)[C@H](O)[C@]2(CC(C(=O)NCCCC(=O)O)=NO2)C(C)=C1Br. The van der Waals surface area contributed by atoms with E-state index in [2.05, 4.69) is 42.3 Å². The van der Waals surface area contributed by atoms with Crippen LogP contribution in [0.15, 0.2) is 25.5 Å². The van der Waals surface area contributed by atoms with E-state index < -0.39 is 23.6 Å². The van der Waals surface area contributed by atoms with Gasteiger partial charge in [0.1, 0.15) is 17.6 Å². The zero-order valence-electron chi connectivity index (χ0n) is 13.6. The number of carbonyl (C=O) groups excluding carboxylic acids is 1. The predicted octanol–water partition coefficient (Wildman–Crippen LogP) is 1.78. The van der Waals surface area contributed by atoms with Crippen LogP contribution in [0.4, 0.5) is 0 Å². The molecule has 138 valence electrons. The first-order valence-corrected chi connectivity index (χ1v) is 9.07. The van der Waals surface area contributed by atoms with E-state index >= 15 is 0 Å². The van der Waals surface area contributed by atoms with E-state index in [9.17, 15) is 14.7 Å². The summed E-state index contributed by atoms with van der Waals surface area (Å²) < 4.78 is 6.28. The lowest BCUT2D eigenvalue weighted by atomic mass is 9.80. The number of aliphatic carboxylic acids is 1. The number of hydrogen-bond donors (Lipinski definition) is 3. The Labute approximate surface area is 161 Å². The number of methoxy groups -OCH3 is 1. The molecule has 2 aliphatic rings. The molecule has 0 radical (unpaired) electrons. The number of oxime groups is 1. The molecule has 1 spiro atoms. The van der Waals surface area contributed by atoms with Crippen molar-refractivity contribution in [2.24, 2.45) is 5.16 Å². The smallest absolute Gasteiger partial charge is 0.303 e. The zero-order chi connectivity index (χ0) is 18.8. The normalized spacial score (nSPS) is 25.8. The zero-order valence-corrected chi connectivity index (χ0v) is 16.8. The molecule has 1 heterocycles. The van der Waals surface area contributed by atoms with Gasteiger partial charge < -0.3 is 25.1 Å². The fourth-order valence-corrected chi connectivity index (χ4v) is 4.35. The molecule has 1 aliphatic carbocycles. The number of nitrogens with zero attached hydrogens (tertiary/aromatic N) is 1. The number of nitrogens with one attached hydrogen (secondary N) is 1. The summed E-state index contributed by atoms with van der Waals surface area (Å²) >= 11 is 6.73. The Kier molecular flexibility index (Phi) is 6.28. The lowest BCUT2D eigenvalue weighted by Gasteiger charge is -2.37. The van der Waals surface area contributed by atoms with Gasteiger partial charge in [0.2, 0.25) is 0 Å². The highest BCUT2D eigenvalue weighted by molar-refractivity contribution is 9.12. The molecule has 1 amide bonds. The highest BCUT2D eigenvalue weighted by Crippen LogP contribution is 2.48. The molecule has 1 aliphatic heterocycles. The molecule has 0 saturated carbocycles. The fraction of sp³-hybridized carbons (Fsp3) is 0.533. The number of rotatable bonds is 6. The quantitative estimate of drug-likeness (QED) is 0.498. The third-order valence-electron chi connectivity index (χ3n) is 4.13. The molecule has 0 unspecified atom stereocenters. The summed E-state index contributed by atoms with van der Waals surface area (Å²) in [6.45, 7) is 1.98. The van der Waals surface area contributed by atoms with Gasteiger partial charge in [-0.1, -0.05) is 5.16 Å². The summed E-state index contributed by atoms with van der Waals surface area (Å²) in [5.41, 5.74) is -0.416. The van der Waals surface area contributed by atoms with Gasteiger partial charge in [-0.2, -0.15) is 0 Å². The number of aliphatic hydroxyl groups excluding tert-OH is 1. The molecule has 0 bridgehead atoms. The highest BCUT2D eigenvalue weighted by Gasteiger charge is 2.54. The van der Waals surface area contributed by atoms with Crippen molar-refractivity contribution in [2.75, 3.05) is 13.7 Å². The van der Waals surface area contributed by atoms with Crippen LogP contribution in [0.25, 0.3) is 0 Å². The second-order valence-electron chi connectivity index (χ2n) is 5.67. The van der Waals surface area contributed by atoms with Crippen molar-refractivity contribution in [2.45, 2.75) is 37.9 Å². The van der Waals surface area contributed by atoms with Crippen LogP contribution in [0.1, 0.15) is 26.2 Å². The van der Waals surface area contributed by atoms with E-state index in [1.54, 1.807) is 6.92 Å². The van der Waals surface area contributed by atoms with Gasteiger partial charge in [0.25, 0.3) is 5.91 Å². The second-order valence-corrected chi connectivity index (χ2v) is 7.32. The Morgan fingerprint density at radius 1 is 1.48 bits per heavy atom. The number of amides is 1. The van der Waals surface area contributed by atoms with Crippen molar-refractivity contribution in [3.05, 3.63) is 20.3 Å². The second kappa shape index (κ2) is 7.88. The van der Waals surface area contributed by atoms with Crippen molar-refractivity contribution < 1.29 is 29.4 Å². The summed E-state index contributed by atoms with van der Waals surface area (Å²) in [4.78, 5) is 28.2. The van der Waals surface area contributed by atoms with E-state index in [1.165, 1.54) is 7.11 Å². The highest BCUT2D eigenvalue weighted by atomic mass is 79.9. The maximum absolute atomic E-state index is 12.2. The molecule has 8 nitrogen and oxygen atoms in total. The van der Waals surface area contributed by atoms with E-state index in [4.69, 9.17) is 14.7 Å². The van der Waals surface area contributed by atoms with E-state index in [1.807, 2.05) is 0 Å². The topological polar surface area (TPSA) is 117 Å². The minimum atomic E-state index is -1.20.